The molecule has 33 heavy (non-hydrogen) atoms. The molecule has 3 aromatic rings. The number of thioether (sulfide) groups is 1. The van der Waals surface area contributed by atoms with Crippen LogP contribution < -0.4 is 16.0 Å². The topological polar surface area (TPSA) is 81.6 Å². The number of amides is 1. The van der Waals surface area contributed by atoms with Crippen LogP contribution in [0, 0.1) is 0 Å². The highest BCUT2D eigenvalue weighted by Gasteiger charge is 2.20. The van der Waals surface area contributed by atoms with E-state index in [1.165, 1.54) is 4.90 Å². The van der Waals surface area contributed by atoms with Crippen LogP contribution in [-0.2, 0) is 4.79 Å². The Morgan fingerprint density at radius 1 is 1.06 bits per heavy atom. The van der Waals surface area contributed by atoms with Gasteiger partial charge < -0.3 is 14.6 Å². The first-order valence-electron chi connectivity index (χ1n) is 11.5. The summed E-state index contributed by atoms with van der Waals surface area (Å²) < 4.78 is 5.35. The van der Waals surface area contributed by atoms with Crippen LogP contribution in [0.3, 0.4) is 0 Å². The number of para-hydroxylation sites is 1. The van der Waals surface area contributed by atoms with E-state index in [0.717, 1.165) is 73.7 Å². The number of aromatic nitrogens is 1. The molecule has 172 valence electrons. The number of unbranched alkanes of at least 4 members (excludes halogenated alkanes) is 1. The molecule has 0 spiro atoms. The van der Waals surface area contributed by atoms with Gasteiger partial charge in [-0.05, 0) is 49.2 Å². The number of aromatic amines is 1. The number of benzene rings is 2. The van der Waals surface area contributed by atoms with Crippen LogP contribution >= 0.6 is 11.8 Å². The number of hydrogen-bond donors (Lipinski definition) is 2. The predicted octanol–water partition coefficient (Wildman–Crippen LogP) is 3.33. The number of nitrogens with zero attached hydrogens (tertiary/aromatic N) is 2. The van der Waals surface area contributed by atoms with Gasteiger partial charge in [-0.2, -0.15) is 0 Å². The molecule has 2 aliphatic heterocycles. The van der Waals surface area contributed by atoms with Crippen molar-refractivity contribution in [2.75, 3.05) is 49.9 Å². The van der Waals surface area contributed by atoms with Crippen molar-refractivity contribution in [3.05, 3.63) is 64.2 Å². The van der Waals surface area contributed by atoms with Gasteiger partial charge in [0.1, 0.15) is 0 Å². The van der Waals surface area contributed by atoms with Crippen molar-refractivity contribution < 1.29 is 9.21 Å². The third kappa shape index (κ3) is 5.02. The van der Waals surface area contributed by atoms with Crippen LogP contribution in [0.15, 0.2) is 62.1 Å². The molecule has 3 heterocycles. The van der Waals surface area contributed by atoms with Crippen molar-refractivity contribution in [3.8, 4) is 0 Å². The average molecular weight is 465 g/mol. The van der Waals surface area contributed by atoms with Gasteiger partial charge in [-0.15, -0.1) is 11.8 Å². The molecule has 0 radical (unpaired) electrons. The van der Waals surface area contributed by atoms with Gasteiger partial charge in [0, 0.05) is 48.9 Å². The van der Waals surface area contributed by atoms with E-state index in [1.807, 2.05) is 36.4 Å². The fourth-order valence-corrected chi connectivity index (χ4v) is 5.44. The lowest BCUT2D eigenvalue weighted by Crippen LogP contribution is -2.46. The summed E-state index contributed by atoms with van der Waals surface area (Å²) in [5.41, 5.74) is 4.34. The molecule has 2 N–H and O–H groups in total. The summed E-state index contributed by atoms with van der Waals surface area (Å²) in [6, 6.07) is 14.0. The Kier molecular flexibility index (Phi) is 6.55. The molecule has 0 saturated carbocycles. The zero-order chi connectivity index (χ0) is 22.6. The van der Waals surface area contributed by atoms with Gasteiger partial charge in [-0.1, -0.05) is 24.3 Å². The van der Waals surface area contributed by atoms with Gasteiger partial charge in [-0.3, -0.25) is 14.7 Å². The molecule has 0 unspecified atom stereocenters. The highest BCUT2D eigenvalue weighted by molar-refractivity contribution is 7.99. The van der Waals surface area contributed by atoms with E-state index in [0.29, 0.717) is 12.1 Å². The van der Waals surface area contributed by atoms with Crippen molar-refractivity contribution in [2.45, 2.75) is 17.7 Å². The van der Waals surface area contributed by atoms with Gasteiger partial charge in [-0.25, -0.2) is 4.79 Å². The third-order valence-electron chi connectivity index (χ3n) is 6.25. The second-order valence-corrected chi connectivity index (χ2v) is 9.47. The molecule has 1 amide bonds. The maximum absolute atomic E-state index is 12.5. The number of hydrogen-bond acceptors (Lipinski definition) is 6. The summed E-state index contributed by atoms with van der Waals surface area (Å²) in [6.45, 7) is 5.48. The largest absolute Gasteiger partial charge is 0.417 e. The van der Waals surface area contributed by atoms with Crippen LogP contribution in [0.2, 0.25) is 0 Å². The van der Waals surface area contributed by atoms with Gasteiger partial charge in [0.15, 0.2) is 5.58 Å². The highest BCUT2D eigenvalue weighted by atomic mass is 32.2. The minimum absolute atomic E-state index is 0.0520. The summed E-state index contributed by atoms with van der Waals surface area (Å²) >= 11 is 1.72. The second kappa shape index (κ2) is 9.89. The van der Waals surface area contributed by atoms with Crippen LogP contribution in [0.25, 0.3) is 17.2 Å². The summed E-state index contributed by atoms with van der Waals surface area (Å²) in [7, 11) is 0. The van der Waals surface area contributed by atoms with E-state index in [1.54, 1.807) is 11.8 Å². The van der Waals surface area contributed by atoms with Crippen molar-refractivity contribution in [1.29, 1.82) is 0 Å². The Morgan fingerprint density at radius 3 is 2.79 bits per heavy atom. The molecule has 1 fully saturated rings. The van der Waals surface area contributed by atoms with E-state index in [-0.39, 0.29) is 5.91 Å². The Labute approximate surface area is 196 Å². The standard InChI is InChI=1S/C25H28N4O3S/c30-24(19-16-18-6-1-2-9-22(18)33-17-19)26-10-3-4-11-28-12-14-29(15-13-28)21-8-5-7-20-23(21)32-25(31)27-20/h1-2,5-9,16H,3-4,10-15,17H2,(H,26,30)(H,27,31). The van der Waals surface area contributed by atoms with Crippen molar-refractivity contribution in [1.82, 2.24) is 15.2 Å². The number of carbonyl (C=O) groups is 1. The minimum atomic E-state index is -0.411. The first kappa shape index (κ1) is 21.9. The van der Waals surface area contributed by atoms with E-state index in [9.17, 15) is 9.59 Å². The number of nitrogens with one attached hydrogen (secondary N) is 2. The quantitative estimate of drug-likeness (QED) is 0.522. The van der Waals surface area contributed by atoms with Crippen LogP contribution in [0.5, 0.6) is 0 Å². The summed E-state index contributed by atoms with van der Waals surface area (Å²) in [5, 5.41) is 3.08. The normalized spacial score (nSPS) is 16.5. The number of anilines is 1. The van der Waals surface area contributed by atoms with Gasteiger partial charge >= 0.3 is 5.76 Å². The molecule has 7 nitrogen and oxygen atoms in total. The highest BCUT2D eigenvalue weighted by Crippen LogP contribution is 2.31. The average Bonchev–Trinajstić information content (AvgIpc) is 3.24. The SMILES string of the molecule is O=C(NCCCCN1CCN(c2cccc3[nH]c(=O)oc23)CC1)C1=Cc2ccccc2SC1. The Morgan fingerprint density at radius 2 is 1.91 bits per heavy atom. The van der Waals surface area contributed by atoms with Crippen LogP contribution in [-0.4, -0.2) is 60.8 Å². The maximum atomic E-state index is 12.5. The first-order chi connectivity index (χ1) is 16.2. The third-order valence-corrected chi connectivity index (χ3v) is 7.39. The van der Waals surface area contributed by atoms with Gasteiger partial charge in [0.2, 0.25) is 5.91 Å². The number of oxazole rings is 1. The zero-order valence-corrected chi connectivity index (χ0v) is 19.3. The molecule has 2 aliphatic rings. The molecular weight excluding hydrogens is 436 g/mol. The molecule has 0 bridgehead atoms. The molecular formula is C25H28N4O3S. The van der Waals surface area contributed by atoms with Crippen LogP contribution in [0.4, 0.5) is 5.69 Å². The Hall–Kier alpha value is -2.97. The fraction of sp³-hybridized carbons (Fsp3) is 0.360. The number of H-pyrrole nitrogens is 1. The van der Waals surface area contributed by atoms with E-state index >= 15 is 0 Å². The number of piperazine rings is 1. The summed E-state index contributed by atoms with van der Waals surface area (Å²) in [4.78, 5) is 32.8. The maximum Gasteiger partial charge on any atom is 0.417 e. The van der Waals surface area contributed by atoms with Gasteiger partial charge in [0.25, 0.3) is 0 Å². The molecule has 2 aromatic carbocycles. The predicted molar refractivity (Wildman–Crippen MR) is 133 cm³/mol. The first-order valence-corrected chi connectivity index (χ1v) is 12.5. The summed E-state index contributed by atoms with van der Waals surface area (Å²) in [6.07, 6.45) is 4.04. The number of fused-ring (bicyclic) bond motifs is 2. The lowest BCUT2D eigenvalue weighted by Gasteiger charge is -2.36. The number of rotatable bonds is 7. The van der Waals surface area contributed by atoms with E-state index < -0.39 is 5.76 Å². The number of carbonyl (C=O) groups excluding carboxylic acids is 1. The van der Waals surface area contributed by atoms with E-state index in [2.05, 4.69) is 32.2 Å². The second-order valence-electron chi connectivity index (χ2n) is 8.46. The fourth-order valence-electron chi connectivity index (χ4n) is 4.44. The Bertz CT molecular complexity index is 1220. The minimum Gasteiger partial charge on any atom is -0.406 e. The Balaban J connectivity index is 1.03. The summed E-state index contributed by atoms with van der Waals surface area (Å²) in [5.74, 6) is 0.371. The zero-order valence-electron chi connectivity index (χ0n) is 18.5. The molecule has 1 aromatic heterocycles. The van der Waals surface area contributed by atoms with Gasteiger partial charge in [0.05, 0.1) is 11.2 Å². The lowest BCUT2D eigenvalue weighted by atomic mass is 10.1. The van der Waals surface area contributed by atoms with Crippen molar-refractivity contribution in [2.24, 2.45) is 0 Å². The smallest absolute Gasteiger partial charge is 0.406 e. The monoisotopic (exact) mass is 464 g/mol. The molecule has 1 saturated heterocycles. The van der Waals surface area contributed by atoms with Crippen molar-refractivity contribution in [3.63, 3.8) is 0 Å². The van der Waals surface area contributed by atoms with E-state index in [4.69, 9.17) is 4.42 Å². The molecule has 0 aliphatic carbocycles. The lowest BCUT2D eigenvalue weighted by molar-refractivity contribution is -0.117. The molecule has 8 heteroatoms. The van der Waals surface area contributed by atoms with Crippen molar-refractivity contribution >= 4 is 40.5 Å². The molecule has 5 rings (SSSR count). The van der Waals surface area contributed by atoms with Crippen LogP contribution in [0.1, 0.15) is 18.4 Å². The molecule has 0 atom stereocenters.